The lowest BCUT2D eigenvalue weighted by atomic mass is 10.1. The minimum atomic E-state index is -0.801. The van der Waals surface area contributed by atoms with Crippen molar-refractivity contribution in [1.29, 1.82) is 0 Å². The molecule has 1 aromatic heterocycles. The number of carbonyl (C=O) groups is 1. The van der Waals surface area contributed by atoms with Crippen molar-refractivity contribution in [2.75, 3.05) is 5.75 Å². The number of aromatic nitrogens is 2. The summed E-state index contributed by atoms with van der Waals surface area (Å²) in [5.41, 5.74) is 0.947. The summed E-state index contributed by atoms with van der Waals surface area (Å²) in [4.78, 5) is 14.9. The summed E-state index contributed by atoms with van der Waals surface area (Å²) in [7, 11) is 0. The molecular weight excluding hydrogens is 236 g/mol. The van der Waals surface area contributed by atoms with Gasteiger partial charge in [0, 0.05) is 12.7 Å². The van der Waals surface area contributed by atoms with Gasteiger partial charge in [-0.1, -0.05) is 25.6 Å². The Bertz CT molecular complexity index is 375. The standard InChI is InChI=1S/C12H20N2O2S/c1-9(2)5-4-6-14-7-10(3)13-12(14)17-8-11(15)16/h7,9H,4-6,8H2,1-3H3,(H,15,16). The van der Waals surface area contributed by atoms with Gasteiger partial charge in [-0.05, 0) is 25.7 Å². The van der Waals surface area contributed by atoms with Crippen molar-refractivity contribution in [3.63, 3.8) is 0 Å². The molecule has 0 radical (unpaired) electrons. The first-order valence-corrected chi connectivity index (χ1v) is 6.86. The van der Waals surface area contributed by atoms with Gasteiger partial charge in [-0.25, -0.2) is 4.98 Å². The number of aryl methyl sites for hydroxylation is 2. The first-order chi connectivity index (χ1) is 7.99. The molecule has 96 valence electrons. The van der Waals surface area contributed by atoms with Crippen molar-refractivity contribution in [3.05, 3.63) is 11.9 Å². The molecule has 1 heterocycles. The highest BCUT2D eigenvalue weighted by atomic mass is 32.2. The van der Waals surface area contributed by atoms with E-state index >= 15 is 0 Å². The van der Waals surface area contributed by atoms with Crippen LogP contribution in [-0.4, -0.2) is 26.4 Å². The molecule has 0 unspecified atom stereocenters. The molecule has 1 rings (SSSR count). The predicted octanol–water partition coefficient (Wildman–Crippen LogP) is 2.80. The number of carboxylic acids is 1. The lowest BCUT2D eigenvalue weighted by Gasteiger charge is -2.07. The van der Waals surface area contributed by atoms with E-state index in [1.54, 1.807) is 0 Å². The van der Waals surface area contributed by atoms with E-state index in [0.29, 0.717) is 5.92 Å². The fourth-order valence-corrected chi connectivity index (χ4v) is 2.37. The van der Waals surface area contributed by atoms with Gasteiger partial charge in [0.25, 0.3) is 0 Å². The fourth-order valence-electron chi connectivity index (χ4n) is 1.60. The zero-order valence-electron chi connectivity index (χ0n) is 10.6. The molecule has 0 saturated carbocycles. The zero-order chi connectivity index (χ0) is 12.8. The van der Waals surface area contributed by atoms with Crippen LogP contribution in [0.2, 0.25) is 0 Å². The summed E-state index contributed by atoms with van der Waals surface area (Å²) in [5.74, 6) is -0.0280. The van der Waals surface area contributed by atoms with E-state index in [2.05, 4.69) is 23.4 Å². The number of nitrogens with zero attached hydrogens (tertiary/aromatic N) is 2. The predicted molar refractivity (Wildman–Crippen MR) is 69.4 cm³/mol. The normalized spacial score (nSPS) is 11.1. The summed E-state index contributed by atoms with van der Waals surface area (Å²) in [5, 5.41) is 9.48. The lowest BCUT2D eigenvalue weighted by molar-refractivity contribution is -0.133. The maximum absolute atomic E-state index is 10.5. The third kappa shape index (κ3) is 5.26. The van der Waals surface area contributed by atoms with Crippen LogP contribution in [-0.2, 0) is 11.3 Å². The summed E-state index contributed by atoms with van der Waals surface area (Å²) < 4.78 is 2.06. The van der Waals surface area contributed by atoms with Crippen LogP contribution in [0.4, 0.5) is 0 Å². The number of hydrogen-bond acceptors (Lipinski definition) is 3. The second-order valence-corrected chi connectivity index (χ2v) is 5.52. The van der Waals surface area contributed by atoms with E-state index in [1.165, 1.54) is 18.2 Å². The van der Waals surface area contributed by atoms with Gasteiger partial charge in [0.05, 0.1) is 11.4 Å². The van der Waals surface area contributed by atoms with Gasteiger partial charge in [0.1, 0.15) is 0 Å². The van der Waals surface area contributed by atoms with E-state index in [-0.39, 0.29) is 5.75 Å². The minimum Gasteiger partial charge on any atom is -0.481 e. The quantitative estimate of drug-likeness (QED) is 0.762. The van der Waals surface area contributed by atoms with Crippen LogP contribution in [0, 0.1) is 12.8 Å². The number of aliphatic carboxylic acids is 1. The molecule has 5 heteroatoms. The van der Waals surface area contributed by atoms with Gasteiger partial charge in [-0.2, -0.15) is 0 Å². The highest BCUT2D eigenvalue weighted by Crippen LogP contribution is 2.18. The first kappa shape index (κ1) is 14.1. The van der Waals surface area contributed by atoms with Crippen LogP contribution in [0.15, 0.2) is 11.4 Å². The molecule has 0 spiro atoms. The monoisotopic (exact) mass is 256 g/mol. The van der Waals surface area contributed by atoms with Crippen LogP contribution in [0.3, 0.4) is 0 Å². The van der Waals surface area contributed by atoms with Gasteiger partial charge in [0.15, 0.2) is 5.16 Å². The Hall–Kier alpha value is -0.970. The Labute approximate surface area is 106 Å². The molecule has 1 N–H and O–H groups in total. The number of rotatable bonds is 7. The average molecular weight is 256 g/mol. The molecule has 0 amide bonds. The third-order valence-electron chi connectivity index (χ3n) is 2.37. The third-order valence-corrected chi connectivity index (χ3v) is 3.34. The Morgan fingerprint density at radius 1 is 1.59 bits per heavy atom. The number of hydrogen-bond donors (Lipinski definition) is 1. The Morgan fingerprint density at radius 2 is 2.29 bits per heavy atom. The van der Waals surface area contributed by atoms with Crippen LogP contribution in [0.25, 0.3) is 0 Å². The van der Waals surface area contributed by atoms with Gasteiger partial charge >= 0.3 is 5.97 Å². The molecular formula is C12H20N2O2S. The molecule has 4 nitrogen and oxygen atoms in total. The van der Waals surface area contributed by atoms with Crippen LogP contribution in [0.5, 0.6) is 0 Å². The molecule has 0 aliphatic rings. The first-order valence-electron chi connectivity index (χ1n) is 5.87. The van der Waals surface area contributed by atoms with Crippen molar-refractivity contribution < 1.29 is 9.90 Å². The molecule has 0 saturated heterocycles. The zero-order valence-corrected chi connectivity index (χ0v) is 11.5. The molecule has 0 aliphatic heterocycles. The maximum atomic E-state index is 10.5. The fraction of sp³-hybridized carbons (Fsp3) is 0.667. The van der Waals surface area contributed by atoms with Crippen molar-refractivity contribution in [1.82, 2.24) is 9.55 Å². The summed E-state index contributed by atoms with van der Waals surface area (Å²) in [6, 6.07) is 0. The van der Waals surface area contributed by atoms with Crippen LogP contribution >= 0.6 is 11.8 Å². The van der Waals surface area contributed by atoms with Crippen molar-refractivity contribution in [3.8, 4) is 0 Å². The maximum Gasteiger partial charge on any atom is 0.313 e. The van der Waals surface area contributed by atoms with E-state index in [9.17, 15) is 4.79 Å². The van der Waals surface area contributed by atoms with Crippen LogP contribution in [0.1, 0.15) is 32.4 Å². The Morgan fingerprint density at radius 3 is 2.88 bits per heavy atom. The number of carboxylic acid groups (broad SMARTS) is 1. The van der Waals surface area contributed by atoms with Gasteiger partial charge < -0.3 is 9.67 Å². The van der Waals surface area contributed by atoms with Gasteiger partial charge in [-0.3, -0.25) is 4.79 Å². The van der Waals surface area contributed by atoms with E-state index < -0.39 is 5.97 Å². The van der Waals surface area contributed by atoms with Crippen molar-refractivity contribution in [2.45, 2.75) is 45.3 Å². The average Bonchev–Trinajstić information content (AvgIpc) is 2.55. The lowest BCUT2D eigenvalue weighted by Crippen LogP contribution is -2.03. The topological polar surface area (TPSA) is 55.1 Å². The van der Waals surface area contributed by atoms with E-state index in [1.807, 2.05) is 13.1 Å². The summed E-state index contributed by atoms with van der Waals surface area (Å²) in [6.45, 7) is 7.27. The van der Waals surface area contributed by atoms with Crippen molar-refractivity contribution in [2.24, 2.45) is 5.92 Å². The van der Waals surface area contributed by atoms with Crippen molar-refractivity contribution >= 4 is 17.7 Å². The molecule has 17 heavy (non-hydrogen) atoms. The molecule has 0 fully saturated rings. The SMILES string of the molecule is Cc1cn(CCCC(C)C)c(SCC(=O)O)n1. The molecule has 0 aromatic carbocycles. The second-order valence-electron chi connectivity index (χ2n) is 4.58. The number of imidazole rings is 1. The van der Waals surface area contributed by atoms with E-state index in [0.717, 1.165) is 23.8 Å². The molecule has 0 aliphatic carbocycles. The summed E-state index contributed by atoms with van der Waals surface area (Å²) in [6.07, 6.45) is 4.28. The highest BCUT2D eigenvalue weighted by molar-refractivity contribution is 7.99. The molecule has 1 aromatic rings. The number of thioether (sulfide) groups is 1. The highest BCUT2D eigenvalue weighted by Gasteiger charge is 2.08. The minimum absolute atomic E-state index is 0.0701. The Balaban J connectivity index is 2.54. The molecule has 0 atom stereocenters. The summed E-state index contributed by atoms with van der Waals surface area (Å²) >= 11 is 1.29. The second kappa shape index (κ2) is 6.69. The molecule has 0 bridgehead atoms. The Kier molecular flexibility index (Phi) is 5.55. The van der Waals surface area contributed by atoms with Gasteiger partial charge in [0.2, 0.25) is 0 Å². The smallest absolute Gasteiger partial charge is 0.313 e. The van der Waals surface area contributed by atoms with Gasteiger partial charge in [-0.15, -0.1) is 0 Å². The van der Waals surface area contributed by atoms with Crippen LogP contribution < -0.4 is 0 Å². The largest absolute Gasteiger partial charge is 0.481 e. The van der Waals surface area contributed by atoms with E-state index in [4.69, 9.17) is 5.11 Å².